The summed E-state index contributed by atoms with van der Waals surface area (Å²) < 4.78 is 3.08. The highest BCUT2D eigenvalue weighted by molar-refractivity contribution is 9.10. The first-order valence-corrected chi connectivity index (χ1v) is 6.94. The first kappa shape index (κ1) is 13.3. The van der Waals surface area contributed by atoms with Crippen LogP contribution in [0, 0.1) is 13.8 Å². The Labute approximate surface area is 116 Å². The van der Waals surface area contributed by atoms with E-state index in [1.165, 1.54) is 11.3 Å². The van der Waals surface area contributed by atoms with Crippen molar-refractivity contribution in [3.8, 4) is 5.69 Å². The molecular formula is C14H18BrN3. The van der Waals surface area contributed by atoms with Crippen molar-refractivity contribution >= 4 is 15.9 Å². The smallest absolute Gasteiger partial charge is 0.0660 e. The molecule has 1 aromatic heterocycles. The van der Waals surface area contributed by atoms with Crippen molar-refractivity contribution < 1.29 is 0 Å². The third-order valence-corrected chi connectivity index (χ3v) is 3.54. The summed E-state index contributed by atoms with van der Waals surface area (Å²) in [6.45, 7) is 8.15. The van der Waals surface area contributed by atoms with E-state index in [1.54, 1.807) is 0 Å². The lowest BCUT2D eigenvalue weighted by molar-refractivity contribution is 0.719. The average molecular weight is 308 g/mol. The highest BCUT2D eigenvalue weighted by Gasteiger charge is 2.12. The van der Waals surface area contributed by atoms with Crippen molar-refractivity contribution in [2.75, 3.05) is 6.54 Å². The molecule has 0 unspecified atom stereocenters. The van der Waals surface area contributed by atoms with Crippen LogP contribution in [-0.4, -0.2) is 16.3 Å². The maximum atomic E-state index is 4.63. The molecule has 1 aromatic carbocycles. The van der Waals surface area contributed by atoms with E-state index in [2.05, 4.69) is 59.2 Å². The SMILES string of the molecule is CCNCc1c(C)nn(-c2cccc(Br)c2)c1C. The summed E-state index contributed by atoms with van der Waals surface area (Å²) in [5.41, 5.74) is 4.67. The van der Waals surface area contributed by atoms with E-state index in [0.29, 0.717) is 0 Å². The topological polar surface area (TPSA) is 29.9 Å². The van der Waals surface area contributed by atoms with Gasteiger partial charge in [0.15, 0.2) is 0 Å². The van der Waals surface area contributed by atoms with E-state index in [1.807, 2.05) is 16.8 Å². The van der Waals surface area contributed by atoms with Crippen LogP contribution in [0.3, 0.4) is 0 Å². The van der Waals surface area contributed by atoms with Crippen LogP contribution < -0.4 is 5.32 Å². The Morgan fingerprint density at radius 1 is 1.33 bits per heavy atom. The van der Waals surface area contributed by atoms with Crippen LogP contribution >= 0.6 is 15.9 Å². The molecule has 1 N–H and O–H groups in total. The van der Waals surface area contributed by atoms with Gasteiger partial charge in [0.1, 0.15) is 0 Å². The van der Waals surface area contributed by atoms with Crippen molar-refractivity contribution in [2.45, 2.75) is 27.3 Å². The molecule has 1 heterocycles. The minimum atomic E-state index is 0.877. The predicted octanol–water partition coefficient (Wildman–Crippen LogP) is 3.36. The van der Waals surface area contributed by atoms with Crippen LogP contribution in [0.25, 0.3) is 5.69 Å². The third kappa shape index (κ3) is 2.65. The Kier molecular flexibility index (Phi) is 4.19. The van der Waals surface area contributed by atoms with Crippen molar-refractivity contribution in [3.05, 3.63) is 45.7 Å². The molecule has 18 heavy (non-hydrogen) atoms. The van der Waals surface area contributed by atoms with Gasteiger partial charge in [-0.3, -0.25) is 0 Å². The normalized spacial score (nSPS) is 10.9. The number of nitrogens with one attached hydrogen (secondary N) is 1. The summed E-state index contributed by atoms with van der Waals surface area (Å²) in [6.07, 6.45) is 0. The average Bonchev–Trinajstić information content (AvgIpc) is 2.63. The van der Waals surface area contributed by atoms with Gasteiger partial charge in [0, 0.05) is 22.3 Å². The van der Waals surface area contributed by atoms with E-state index in [9.17, 15) is 0 Å². The first-order chi connectivity index (χ1) is 8.63. The second-order valence-electron chi connectivity index (χ2n) is 4.32. The lowest BCUT2D eigenvalue weighted by Crippen LogP contribution is -2.13. The van der Waals surface area contributed by atoms with Gasteiger partial charge in [0.25, 0.3) is 0 Å². The molecule has 2 aromatic rings. The molecule has 0 aliphatic carbocycles. The van der Waals surface area contributed by atoms with Crippen molar-refractivity contribution in [1.82, 2.24) is 15.1 Å². The summed E-state index contributed by atoms with van der Waals surface area (Å²) >= 11 is 3.50. The zero-order valence-corrected chi connectivity index (χ0v) is 12.6. The van der Waals surface area contributed by atoms with E-state index < -0.39 is 0 Å². The molecular weight excluding hydrogens is 290 g/mol. The fourth-order valence-corrected chi connectivity index (χ4v) is 2.43. The maximum absolute atomic E-state index is 4.63. The molecule has 0 saturated heterocycles. The van der Waals surface area contributed by atoms with E-state index in [-0.39, 0.29) is 0 Å². The quantitative estimate of drug-likeness (QED) is 0.938. The Morgan fingerprint density at radius 2 is 2.11 bits per heavy atom. The van der Waals surface area contributed by atoms with E-state index in [4.69, 9.17) is 0 Å². The Morgan fingerprint density at radius 3 is 2.78 bits per heavy atom. The Balaban J connectivity index is 2.40. The summed E-state index contributed by atoms with van der Waals surface area (Å²) in [7, 11) is 0. The minimum absolute atomic E-state index is 0.877. The van der Waals surface area contributed by atoms with Crippen LogP contribution in [0.15, 0.2) is 28.7 Å². The van der Waals surface area contributed by atoms with Crippen molar-refractivity contribution in [1.29, 1.82) is 0 Å². The molecule has 96 valence electrons. The first-order valence-electron chi connectivity index (χ1n) is 6.15. The summed E-state index contributed by atoms with van der Waals surface area (Å²) in [6, 6.07) is 8.20. The number of rotatable bonds is 4. The zero-order chi connectivity index (χ0) is 13.1. The van der Waals surface area contributed by atoms with Crippen LogP contribution in [-0.2, 0) is 6.54 Å². The number of aromatic nitrogens is 2. The molecule has 3 nitrogen and oxygen atoms in total. The number of aryl methyl sites for hydroxylation is 1. The highest BCUT2D eigenvalue weighted by Crippen LogP contribution is 2.20. The van der Waals surface area contributed by atoms with Crippen LogP contribution in [0.4, 0.5) is 0 Å². The number of nitrogens with zero attached hydrogens (tertiary/aromatic N) is 2. The second-order valence-corrected chi connectivity index (χ2v) is 5.24. The van der Waals surface area contributed by atoms with Crippen LogP contribution in [0.5, 0.6) is 0 Å². The molecule has 4 heteroatoms. The molecule has 2 rings (SSSR count). The lowest BCUT2D eigenvalue weighted by atomic mass is 10.2. The van der Waals surface area contributed by atoms with Gasteiger partial charge in [-0.05, 0) is 38.6 Å². The summed E-state index contributed by atoms with van der Waals surface area (Å²) in [4.78, 5) is 0. The molecule has 0 fully saturated rings. The molecule has 0 amide bonds. The van der Waals surface area contributed by atoms with Gasteiger partial charge in [-0.2, -0.15) is 5.10 Å². The van der Waals surface area contributed by atoms with Gasteiger partial charge in [-0.25, -0.2) is 4.68 Å². The van der Waals surface area contributed by atoms with E-state index in [0.717, 1.165) is 28.9 Å². The van der Waals surface area contributed by atoms with E-state index >= 15 is 0 Å². The number of benzene rings is 1. The molecule has 0 aliphatic heterocycles. The summed E-state index contributed by atoms with van der Waals surface area (Å²) in [5, 5.41) is 7.99. The standard InChI is InChI=1S/C14H18BrN3/c1-4-16-9-14-10(2)17-18(11(14)3)13-7-5-6-12(15)8-13/h5-8,16H,4,9H2,1-3H3. The zero-order valence-electron chi connectivity index (χ0n) is 11.0. The largest absolute Gasteiger partial charge is 0.313 e. The summed E-state index contributed by atoms with van der Waals surface area (Å²) in [5.74, 6) is 0. The second kappa shape index (κ2) is 5.67. The molecule has 0 aliphatic rings. The van der Waals surface area contributed by atoms with Gasteiger partial charge in [-0.15, -0.1) is 0 Å². The van der Waals surface area contributed by atoms with Gasteiger partial charge in [0.2, 0.25) is 0 Å². The molecule has 0 saturated carbocycles. The molecule has 0 atom stereocenters. The molecule has 0 radical (unpaired) electrons. The van der Waals surface area contributed by atoms with Gasteiger partial charge in [-0.1, -0.05) is 28.9 Å². The minimum Gasteiger partial charge on any atom is -0.313 e. The fraction of sp³-hybridized carbons (Fsp3) is 0.357. The number of hydrogen-bond acceptors (Lipinski definition) is 2. The number of halogens is 1. The predicted molar refractivity (Wildman–Crippen MR) is 78.1 cm³/mol. The third-order valence-electron chi connectivity index (χ3n) is 3.05. The van der Waals surface area contributed by atoms with Gasteiger partial charge >= 0.3 is 0 Å². The fourth-order valence-electron chi connectivity index (χ4n) is 2.04. The van der Waals surface area contributed by atoms with Gasteiger partial charge in [0.05, 0.1) is 11.4 Å². The van der Waals surface area contributed by atoms with Crippen LogP contribution in [0.1, 0.15) is 23.9 Å². The van der Waals surface area contributed by atoms with Gasteiger partial charge < -0.3 is 5.32 Å². The van der Waals surface area contributed by atoms with Crippen molar-refractivity contribution in [2.24, 2.45) is 0 Å². The van der Waals surface area contributed by atoms with Crippen molar-refractivity contribution in [3.63, 3.8) is 0 Å². The Hall–Kier alpha value is -1.13. The maximum Gasteiger partial charge on any atom is 0.0660 e. The number of hydrogen-bond donors (Lipinski definition) is 1. The Bertz CT molecular complexity index is 546. The van der Waals surface area contributed by atoms with Crippen LogP contribution in [0.2, 0.25) is 0 Å². The highest BCUT2D eigenvalue weighted by atomic mass is 79.9. The molecule has 0 bridgehead atoms. The monoisotopic (exact) mass is 307 g/mol. The molecule has 0 spiro atoms. The lowest BCUT2D eigenvalue weighted by Gasteiger charge is -2.06.